The van der Waals surface area contributed by atoms with Crippen LogP contribution < -0.4 is 4.90 Å². The molecule has 0 N–H and O–H groups in total. The van der Waals surface area contributed by atoms with Crippen LogP contribution in [0.25, 0.3) is 0 Å². The molecule has 1 saturated heterocycles. The maximum absolute atomic E-state index is 4.62. The van der Waals surface area contributed by atoms with Crippen molar-refractivity contribution in [1.29, 1.82) is 0 Å². The molecule has 92 valence electrons. The van der Waals surface area contributed by atoms with Crippen LogP contribution >= 0.6 is 0 Å². The summed E-state index contributed by atoms with van der Waals surface area (Å²) in [6.45, 7) is 11.6. The van der Waals surface area contributed by atoms with Gasteiger partial charge in [0.2, 0.25) is 0 Å². The van der Waals surface area contributed by atoms with Crippen molar-refractivity contribution in [3.05, 3.63) is 23.9 Å². The minimum absolute atomic E-state index is 0.488. The molecule has 2 heteroatoms. The Hall–Kier alpha value is -1.05. The quantitative estimate of drug-likeness (QED) is 0.737. The monoisotopic (exact) mass is 230 g/mol. The summed E-state index contributed by atoms with van der Waals surface area (Å²) in [5.74, 6) is 3.93. The van der Waals surface area contributed by atoms with E-state index < -0.39 is 0 Å². The first-order valence-electron chi connectivity index (χ1n) is 6.65. The summed E-state index contributed by atoms with van der Waals surface area (Å²) < 4.78 is 0. The first-order chi connectivity index (χ1) is 7.97. The van der Waals surface area contributed by atoms with E-state index in [1.54, 1.807) is 0 Å². The molecule has 2 heterocycles. The predicted molar refractivity (Wildman–Crippen MR) is 71.1 cm³/mol. The van der Waals surface area contributed by atoms with Gasteiger partial charge in [-0.25, -0.2) is 4.98 Å². The molecule has 2 atom stereocenters. The molecule has 1 aromatic rings. The average Bonchev–Trinajstić information content (AvgIpc) is 2.77. The van der Waals surface area contributed by atoms with Crippen molar-refractivity contribution < 1.29 is 0 Å². The van der Waals surface area contributed by atoms with E-state index in [2.05, 4.69) is 55.8 Å². The molecule has 0 aromatic carbocycles. The van der Waals surface area contributed by atoms with Gasteiger partial charge in [-0.15, -0.1) is 0 Å². The number of fused-ring (bicyclic) bond motifs is 1. The van der Waals surface area contributed by atoms with Crippen molar-refractivity contribution in [3.8, 4) is 0 Å². The second-order valence-corrected chi connectivity index (χ2v) is 6.76. The fourth-order valence-corrected chi connectivity index (χ4v) is 3.70. The predicted octanol–water partition coefficient (Wildman–Crippen LogP) is 3.12. The van der Waals surface area contributed by atoms with Gasteiger partial charge in [-0.1, -0.05) is 26.8 Å². The number of aryl methyl sites for hydroxylation is 1. The Morgan fingerprint density at radius 1 is 1.18 bits per heavy atom. The van der Waals surface area contributed by atoms with E-state index in [9.17, 15) is 0 Å². The topological polar surface area (TPSA) is 16.1 Å². The first kappa shape index (κ1) is 11.1. The van der Waals surface area contributed by atoms with Crippen LogP contribution in [0, 0.1) is 30.1 Å². The molecule has 1 aromatic heterocycles. The molecule has 17 heavy (non-hydrogen) atoms. The Morgan fingerprint density at radius 2 is 1.82 bits per heavy atom. The highest BCUT2D eigenvalue weighted by atomic mass is 15.2. The number of hydrogen-bond acceptors (Lipinski definition) is 2. The summed E-state index contributed by atoms with van der Waals surface area (Å²) >= 11 is 0. The van der Waals surface area contributed by atoms with Crippen LogP contribution in [0.2, 0.25) is 0 Å². The molecule has 1 aliphatic heterocycles. The summed E-state index contributed by atoms with van der Waals surface area (Å²) in [6.07, 6.45) is 0. The minimum atomic E-state index is 0.488. The van der Waals surface area contributed by atoms with Crippen LogP contribution in [0.15, 0.2) is 18.2 Å². The third-order valence-electron chi connectivity index (χ3n) is 4.39. The molecule has 1 aliphatic carbocycles. The van der Waals surface area contributed by atoms with Crippen molar-refractivity contribution >= 4 is 5.82 Å². The Labute approximate surface area is 104 Å². The van der Waals surface area contributed by atoms with Crippen LogP contribution in [0.3, 0.4) is 0 Å². The average molecular weight is 230 g/mol. The Bertz CT molecular complexity index is 421. The number of rotatable bonds is 1. The smallest absolute Gasteiger partial charge is 0.128 e. The van der Waals surface area contributed by atoms with E-state index in [-0.39, 0.29) is 0 Å². The van der Waals surface area contributed by atoms with Crippen LogP contribution in [0.5, 0.6) is 0 Å². The van der Waals surface area contributed by atoms with Gasteiger partial charge in [0.15, 0.2) is 0 Å². The van der Waals surface area contributed by atoms with Gasteiger partial charge < -0.3 is 4.90 Å². The molecular weight excluding hydrogens is 208 g/mol. The SMILES string of the molecule is Cc1cccc(N2CC3C(C2)C3C(C)(C)C)n1. The van der Waals surface area contributed by atoms with Crippen molar-refractivity contribution in [2.45, 2.75) is 27.7 Å². The lowest BCUT2D eigenvalue weighted by molar-refractivity contribution is 0.309. The normalized spacial score (nSPS) is 31.5. The molecule has 2 nitrogen and oxygen atoms in total. The number of nitrogens with zero attached hydrogens (tertiary/aromatic N) is 2. The molecule has 0 spiro atoms. The Kier molecular flexibility index (Phi) is 2.26. The van der Waals surface area contributed by atoms with E-state index in [1.165, 1.54) is 18.9 Å². The van der Waals surface area contributed by atoms with Gasteiger partial charge >= 0.3 is 0 Å². The van der Waals surface area contributed by atoms with Crippen LogP contribution in [-0.4, -0.2) is 18.1 Å². The van der Waals surface area contributed by atoms with Gasteiger partial charge in [-0.2, -0.15) is 0 Å². The number of piperidine rings is 1. The molecule has 3 rings (SSSR count). The molecule has 1 saturated carbocycles. The summed E-state index contributed by atoms with van der Waals surface area (Å²) in [7, 11) is 0. The fraction of sp³-hybridized carbons (Fsp3) is 0.667. The van der Waals surface area contributed by atoms with Gasteiger partial charge in [0.05, 0.1) is 0 Å². The lowest BCUT2D eigenvalue weighted by Crippen LogP contribution is -2.28. The van der Waals surface area contributed by atoms with Gasteiger partial charge in [0, 0.05) is 18.8 Å². The van der Waals surface area contributed by atoms with Crippen molar-refractivity contribution in [2.75, 3.05) is 18.0 Å². The number of pyridine rings is 1. The summed E-state index contributed by atoms with van der Waals surface area (Å²) in [5.41, 5.74) is 1.61. The standard InChI is InChI=1S/C15H22N2/c1-10-6-5-7-13(16-10)17-8-11-12(9-17)14(11)15(2,3)4/h5-7,11-12,14H,8-9H2,1-4H3. The lowest BCUT2D eigenvalue weighted by Gasteiger charge is -2.26. The van der Waals surface area contributed by atoms with Crippen LogP contribution in [0.1, 0.15) is 26.5 Å². The summed E-state index contributed by atoms with van der Waals surface area (Å²) in [4.78, 5) is 7.09. The highest BCUT2D eigenvalue weighted by Crippen LogP contribution is 2.60. The van der Waals surface area contributed by atoms with E-state index in [0.29, 0.717) is 5.41 Å². The second-order valence-electron chi connectivity index (χ2n) is 6.76. The van der Waals surface area contributed by atoms with E-state index in [0.717, 1.165) is 23.4 Å². The molecule has 2 unspecified atom stereocenters. The van der Waals surface area contributed by atoms with Gasteiger partial charge in [-0.05, 0) is 42.2 Å². The van der Waals surface area contributed by atoms with E-state index in [1.807, 2.05) is 0 Å². The second kappa shape index (κ2) is 3.47. The van der Waals surface area contributed by atoms with Gasteiger partial charge in [0.1, 0.15) is 5.82 Å². The third-order valence-corrected chi connectivity index (χ3v) is 4.39. The minimum Gasteiger partial charge on any atom is -0.356 e. The molecule has 0 radical (unpaired) electrons. The summed E-state index contributed by atoms with van der Waals surface area (Å²) in [5, 5.41) is 0. The zero-order valence-electron chi connectivity index (χ0n) is 11.3. The van der Waals surface area contributed by atoms with Gasteiger partial charge in [0.25, 0.3) is 0 Å². The van der Waals surface area contributed by atoms with Gasteiger partial charge in [-0.3, -0.25) is 0 Å². The fourth-order valence-electron chi connectivity index (χ4n) is 3.70. The largest absolute Gasteiger partial charge is 0.356 e. The highest BCUT2D eigenvalue weighted by Gasteiger charge is 2.59. The summed E-state index contributed by atoms with van der Waals surface area (Å²) in [6, 6.07) is 6.32. The van der Waals surface area contributed by atoms with Crippen molar-refractivity contribution in [1.82, 2.24) is 4.98 Å². The van der Waals surface area contributed by atoms with Crippen LogP contribution in [-0.2, 0) is 0 Å². The molecule has 2 aliphatic rings. The number of anilines is 1. The lowest BCUT2D eigenvalue weighted by atomic mass is 9.87. The maximum Gasteiger partial charge on any atom is 0.128 e. The Morgan fingerprint density at radius 3 is 2.35 bits per heavy atom. The zero-order valence-corrected chi connectivity index (χ0v) is 11.3. The first-order valence-corrected chi connectivity index (χ1v) is 6.65. The maximum atomic E-state index is 4.62. The number of aromatic nitrogens is 1. The van der Waals surface area contributed by atoms with E-state index in [4.69, 9.17) is 0 Å². The highest BCUT2D eigenvalue weighted by molar-refractivity contribution is 5.43. The number of hydrogen-bond donors (Lipinski definition) is 0. The Balaban J connectivity index is 1.70. The van der Waals surface area contributed by atoms with Crippen LogP contribution in [0.4, 0.5) is 5.82 Å². The zero-order chi connectivity index (χ0) is 12.2. The van der Waals surface area contributed by atoms with E-state index >= 15 is 0 Å². The molecule has 2 fully saturated rings. The third kappa shape index (κ3) is 1.84. The van der Waals surface area contributed by atoms with Crippen molar-refractivity contribution in [2.24, 2.45) is 23.2 Å². The molecule has 0 amide bonds. The molecular formula is C15H22N2. The molecule has 0 bridgehead atoms. The van der Waals surface area contributed by atoms with Crippen molar-refractivity contribution in [3.63, 3.8) is 0 Å².